The molecule has 0 unspecified atom stereocenters. The summed E-state index contributed by atoms with van der Waals surface area (Å²) in [6.45, 7) is 0. The Hall–Kier alpha value is -3.23. The van der Waals surface area contributed by atoms with E-state index in [-0.39, 0.29) is 24.8 Å². The maximum Gasteiger partial charge on any atom is 0.416 e. The second-order valence-electron chi connectivity index (χ2n) is 5.83. The number of hydrogen-bond acceptors (Lipinski definition) is 2. The molecule has 2 aromatic rings. The lowest BCUT2D eigenvalue weighted by Crippen LogP contribution is -2.19. The van der Waals surface area contributed by atoms with Crippen molar-refractivity contribution in [2.24, 2.45) is 5.41 Å². The van der Waals surface area contributed by atoms with Crippen LogP contribution in [0.5, 0.6) is 0 Å². The molecule has 0 aliphatic rings. The Bertz CT molecular complexity index is 877. The van der Waals surface area contributed by atoms with Gasteiger partial charge in [-0.3, -0.25) is 0 Å². The van der Waals surface area contributed by atoms with E-state index in [0.29, 0.717) is 0 Å². The van der Waals surface area contributed by atoms with Crippen molar-refractivity contribution >= 4 is 0 Å². The summed E-state index contributed by atoms with van der Waals surface area (Å²) in [6, 6.07) is 18.4. The number of hydrogen-bond donors (Lipinski definition) is 0. The van der Waals surface area contributed by atoms with Crippen LogP contribution in [-0.2, 0) is 19.0 Å². The zero-order chi connectivity index (χ0) is 19.0. The van der Waals surface area contributed by atoms with E-state index in [1.807, 2.05) is 42.5 Å². The standard InChI is InChI=1S/C21H15F3N2/c22-21(23,24)19-12-5-4-10-18(19)11-6-7-13-20(15-25,16-26)14-17-8-2-1-3-9-17/h1-5,8-10,12H,11,13-14H2. The van der Waals surface area contributed by atoms with Crippen LogP contribution in [0.25, 0.3) is 0 Å². The minimum absolute atomic E-state index is 0.0247. The molecular weight excluding hydrogens is 337 g/mol. The Labute approximate surface area is 150 Å². The zero-order valence-corrected chi connectivity index (χ0v) is 13.8. The smallest absolute Gasteiger partial charge is 0.197 e. The van der Waals surface area contributed by atoms with Gasteiger partial charge >= 0.3 is 6.18 Å². The number of benzene rings is 2. The van der Waals surface area contributed by atoms with Gasteiger partial charge < -0.3 is 0 Å². The quantitative estimate of drug-likeness (QED) is 0.734. The average Bonchev–Trinajstić information content (AvgIpc) is 2.64. The number of nitriles is 2. The summed E-state index contributed by atoms with van der Waals surface area (Å²) < 4.78 is 38.9. The van der Waals surface area contributed by atoms with Crippen molar-refractivity contribution in [3.63, 3.8) is 0 Å². The molecule has 0 N–H and O–H groups in total. The predicted octanol–water partition coefficient (Wildman–Crippen LogP) is 4.92. The van der Waals surface area contributed by atoms with Crippen LogP contribution < -0.4 is 0 Å². The molecule has 2 rings (SSSR count). The van der Waals surface area contributed by atoms with Gasteiger partial charge in [-0.05, 0) is 17.2 Å². The highest BCUT2D eigenvalue weighted by Crippen LogP contribution is 2.32. The highest BCUT2D eigenvalue weighted by molar-refractivity contribution is 5.33. The van der Waals surface area contributed by atoms with Crippen molar-refractivity contribution in [1.29, 1.82) is 10.5 Å². The molecule has 0 heterocycles. The number of halogens is 3. The first-order valence-electron chi connectivity index (χ1n) is 7.87. The molecule has 0 aliphatic carbocycles. The molecule has 0 aliphatic heterocycles. The second-order valence-corrected chi connectivity index (χ2v) is 5.83. The van der Waals surface area contributed by atoms with Crippen LogP contribution in [0.1, 0.15) is 23.1 Å². The van der Waals surface area contributed by atoms with Crippen molar-refractivity contribution in [2.45, 2.75) is 25.4 Å². The lowest BCUT2D eigenvalue weighted by molar-refractivity contribution is -0.138. The van der Waals surface area contributed by atoms with Crippen molar-refractivity contribution in [2.75, 3.05) is 0 Å². The topological polar surface area (TPSA) is 47.6 Å². The van der Waals surface area contributed by atoms with E-state index < -0.39 is 17.2 Å². The Morgan fingerprint density at radius 3 is 2.04 bits per heavy atom. The van der Waals surface area contributed by atoms with Gasteiger partial charge in [0.2, 0.25) is 0 Å². The Morgan fingerprint density at radius 1 is 0.808 bits per heavy atom. The first kappa shape index (κ1) is 19.1. The van der Waals surface area contributed by atoms with Gasteiger partial charge in [-0.2, -0.15) is 23.7 Å². The highest BCUT2D eigenvalue weighted by atomic mass is 19.4. The van der Waals surface area contributed by atoms with Crippen LogP contribution in [0.3, 0.4) is 0 Å². The molecule has 0 saturated carbocycles. The summed E-state index contributed by atoms with van der Waals surface area (Å²) in [6.07, 6.45) is -4.33. The molecule has 5 heteroatoms. The van der Waals surface area contributed by atoms with Gasteiger partial charge in [-0.15, -0.1) is 5.92 Å². The lowest BCUT2D eigenvalue weighted by Gasteiger charge is -2.15. The molecule has 0 aromatic heterocycles. The van der Waals surface area contributed by atoms with Gasteiger partial charge in [0, 0.05) is 19.3 Å². The van der Waals surface area contributed by atoms with Gasteiger partial charge in [0.1, 0.15) is 0 Å². The molecule has 0 amide bonds. The first-order valence-corrected chi connectivity index (χ1v) is 7.87. The molecule has 0 radical (unpaired) electrons. The van der Waals surface area contributed by atoms with Crippen LogP contribution in [0.2, 0.25) is 0 Å². The normalized spacial score (nSPS) is 11.0. The fourth-order valence-electron chi connectivity index (χ4n) is 2.51. The zero-order valence-electron chi connectivity index (χ0n) is 13.8. The van der Waals surface area contributed by atoms with Crippen LogP contribution in [-0.4, -0.2) is 0 Å². The van der Waals surface area contributed by atoms with Crippen molar-refractivity contribution in [1.82, 2.24) is 0 Å². The van der Waals surface area contributed by atoms with Gasteiger partial charge in [0.25, 0.3) is 0 Å². The summed E-state index contributed by atoms with van der Waals surface area (Å²) in [5.41, 5.74) is -1.13. The molecule has 0 spiro atoms. The van der Waals surface area contributed by atoms with E-state index in [0.717, 1.165) is 11.6 Å². The molecular formula is C21H15F3N2. The predicted molar refractivity (Wildman–Crippen MR) is 91.3 cm³/mol. The third-order valence-corrected chi connectivity index (χ3v) is 3.89. The van der Waals surface area contributed by atoms with E-state index >= 15 is 0 Å². The second kappa shape index (κ2) is 8.24. The Morgan fingerprint density at radius 2 is 1.42 bits per heavy atom. The van der Waals surface area contributed by atoms with Crippen molar-refractivity contribution in [3.8, 4) is 24.0 Å². The third-order valence-electron chi connectivity index (χ3n) is 3.89. The van der Waals surface area contributed by atoms with E-state index in [2.05, 4.69) is 11.8 Å². The molecule has 2 aromatic carbocycles. The van der Waals surface area contributed by atoms with Crippen LogP contribution in [0, 0.1) is 39.9 Å². The van der Waals surface area contributed by atoms with Gasteiger partial charge in [0.15, 0.2) is 5.41 Å². The van der Waals surface area contributed by atoms with Crippen LogP contribution in [0.4, 0.5) is 13.2 Å². The molecule has 0 bridgehead atoms. The third kappa shape index (κ3) is 4.88. The summed E-state index contributed by atoms with van der Waals surface area (Å²) in [4.78, 5) is 0. The summed E-state index contributed by atoms with van der Waals surface area (Å²) in [5.74, 6) is 5.38. The van der Waals surface area contributed by atoms with Gasteiger partial charge in [0.05, 0.1) is 17.7 Å². The SMILES string of the molecule is N#CC(C#N)(CC#CCc1ccccc1C(F)(F)F)Cc1ccccc1. The fraction of sp³-hybridized carbons (Fsp3) is 0.238. The van der Waals surface area contributed by atoms with Crippen molar-refractivity contribution < 1.29 is 13.2 Å². The molecule has 2 nitrogen and oxygen atoms in total. The molecule has 130 valence electrons. The van der Waals surface area contributed by atoms with Gasteiger partial charge in [-0.25, -0.2) is 0 Å². The first-order chi connectivity index (χ1) is 12.4. The van der Waals surface area contributed by atoms with E-state index in [1.165, 1.54) is 18.2 Å². The summed E-state index contributed by atoms with van der Waals surface area (Å²) in [7, 11) is 0. The van der Waals surface area contributed by atoms with E-state index in [4.69, 9.17) is 0 Å². The largest absolute Gasteiger partial charge is 0.416 e. The monoisotopic (exact) mass is 352 g/mol. The van der Waals surface area contributed by atoms with E-state index in [9.17, 15) is 23.7 Å². The van der Waals surface area contributed by atoms with Crippen molar-refractivity contribution in [3.05, 3.63) is 71.3 Å². The van der Waals surface area contributed by atoms with Crippen LogP contribution in [0.15, 0.2) is 54.6 Å². The highest BCUT2D eigenvalue weighted by Gasteiger charge is 2.32. The maximum atomic E-state index is 13.0. The van der Waals surface area contributed by atoms with Gasteiger partial charge in [-0.1, -0.05) is 54.5 Å². The molecule has 0 saturated heterocycles. The number of nitrogens with zero attached hydrogens (tertiary/aromatic N) is 2. The summed E-state index contributed by atoms with van der Waals surface area (Å²) in [5, 5.41) is 18.8. The average molecular weight is 352 g/mol. The molecule has 0 atom stereocenters. The number of rotatable bonds is 4. The molecule has 26 heavy (non-hydrogen) atoms. The van der Waals surface area contributed by atoms with E-state index in [1.54, 1.807) is 0 Å². The maximum absolute atomic E-state index is 13.0. The fourth-order valence-corrected chi connectivity index (χ4v) is 2.51. The lowest BCUT2D eigenvalue weighted by atomic mass is 9.81. The minimum atomic E-state index is -4.44. The van der Waals surface area contributed by atoms with Crippen LogP contribution >= 0.6 is 0 Å². The minimum Gasteiger partial charge on any atom is -0.197 e. The Balaban J connectivity index is 2.13. The number of alkyl halides is 3. The summed E-state index contributed by atoms with van der Waals surface area (Å²) >= 11 is 0. The Kier molecular flexibility index (Phi) is 6.05. The molecule has 0 fully saturated rings.